The molecule has 126 valence electrons. The van der Waals surface area contributed by atoms with Gasteiger partial charge >= 0.3 is 6.03 Å². The van der Waals surface area contributed by atoms with Gasteiger partial charge < -0.3 is 15.0 Å². The SMILES string of the molecule is Cc1ccccc1NC(=O)N1CCC[C@@H](Oc2ccncc2Cl)C1. The smallest absolute Gasteiger partial charge is 0.321 e. The van der Waals surface area contributed by atoms with Crippen LogP contribution in [0.3, 0.4) is 0 Å². The van der Waals surface area contributed by atoms with Crippen LogP contribution in [0.2, 0.25) is 5.02 Å². The van der Waals surface area contributed by atoms with Gasteiger partial charge in [-0.1, -0.05) is 29.8 Å². The highest BCUT2D eigenvalue weighted by molar-refractivity contribution is 6.31. The summed E-state index contributed by atoms with van der Waals surface area (Å²) in [4.78, 5) is 18.2. The number of piperidine rings is 1. The van der Waals surface area contributed by atoms with Crippen molar-refractivity contribution in [1.82, 2.24) is 9.88 Å². The molecule has 6 heteroatoms. The van der Waals surface area contributed by atoms with E-state index in [9.17, 15) is 4.79 Å². The molecule has 1 saturated heterocycles. The maximum atomic E-state index is 12.5. The topological polar surface area (TPSA) is 54.5 Å². The molecule has 0 bridgehead atoms. The number of para-hydroxylation sites is 1. The lowest BCUT2D eigenvalue weighted by molar-refractivity contribution is 0.106. The Bertz CT molecular complexity index is 723. The highest BCUT2D eigenvalue weighted by Gasteiger charge is 2.25. The molecule has 0 spiro atoms. The first-order valence-electron chi connectivity index (χ1n) is 8.01. The quantitative estimate of drug-likeness (QED) is 0.910. The Morgan fingerprint density at radius 1 is 1.38 bits per heavy atom. The molecule has 0 radical (unpaired) electrons. The fourth-order valence-electron chi connectivity index (χ4n) is 2.76. The van der Waals surface area contributed by atoms with Gasteiger partial charge in [-0.25, -0.2) is 4.79 Å². The summed E-state index contributed by atoms with van der Waals surface area (Å²) < 4.78 is 5.95. The van der Waals surface area contributed by atoms with Gasteiger partial charge in [0, 0.05) is 30.7 Å². The molecule has 3 rings (SSSR count). The van der Waals surface area contributed by atoms with Gasteiger partial charge in [0.05, 0.1) is 6.54 Å². The zero-order chi connectivity index (χ0) is 16.9. The minimum Gasteiger partial charge on any atom is -0.487 e. The molecule has 1 aliphatic rings. The van der Waals surface area contributed by atoms with Gasteiger partial charge in [-0.2, -0.15) is 0 Å². The van der Waals surface area contributed by atoms with E-state index in [0.29, 0.717) is 17.3 Å². The standard InChI is InChI=1S/C18H20ClN3O2/c1-13-5-2-3-7-16(13)21-18(23)22-10-4-6-14(12-22)24-17-8-9-20-11-15(17)19/h2-3,5,7-9,11,14H,4,6,10,12H2,1H3,(H,21,23)/t14-/m1/s1. The van der Waals surface area contributed by atoms with E-state index in [4.69, 9.17) is 16.3 Å². The third-order valence-electron chi connectivity index (χ3n) is 4.08. The van der Waals surface area contributed by atoms with Crippen LogP contribution in [-0.2, 0) is 0 Å². The molecule has 0 saturated carbocycles. The molecule has 2 aromatic rings. The van der Waals surface area contributed by atoms with Gasteiger partial charge in [0.15, 0.2) is 0 Å². The van der Waals surface area contributed by atoms with Crippen molar-refractivity contribution in [3.05, 3.63) is 53.3 Å². The summed E-state index contributed by atoms with van der Waals surface area (Å²) in [6.07, 6.45) is 4.93. The number of ether oxygens (including phenoxy) is 1. The lowest BCUT2D eigenvalue weighted by atomic mass is 10.1. The molecular formula is C18H20ClN3O2. The molecule has 2 amide bonds. The molecule has 5 nitrogen and oxygen atoms in total. The number of carbonyl (C=O) groups excluding carboxylic acids is 1. The number of nitrogens with one attached hydrogen (secondary N) is 1. The number of rotatable bonds is 3. The predicted octanol–water partition coefficient (Wildman–Crippen LogP) is 4.12. The number of amides is 2. The van der Waals surface area contributed by atoms with Gasteiger partial charge in [-0.05, 0) is 31.4 Å². The van der Waals surface area contributed by atoms with Crippen LogP contribution in [0.15, 0.2) is 42.7 Å². The Kier molecular flexibility index (Phi) is 5.20. The van der Waals surface area contributed by atoms with Gasteiger partial charge in [0.1, 0.15) is 16.9 Å². The minimum atomic E-state index is -0.0987. The van der Waals surface area contributed by atoms with Crippen molar-refractivity contribution < 1.29 is 9.53 Å². The fourth-order valence-corrected chi connectivity index (χ4v) is 2.93. The Hall–Kier alpha value is -2.27. The Labute approximate surface area is 146 Å². The zero-order valence-corrected chi connectivity index (χ0v) is 14.3. The Morgan fingerprint density at radius 2 is 2.21 bits per heavy atom. The molecule has 1 aromatic heterocycles. The molecule has 1 aliphatic heterocycles. The first-order chi connectivity index (χ1) is 11.6. The van der Waals surface area contributed by atoms with Crippen LogP contribution in [0.1, 0.15) is 18.4 Å². The van der Waals surface area contributed by atoms with E-state index in [1.54, 1.807) is 23.4 Å². The van der Waals surface area contributed by atoms with Gasteiger partial charge in [0.25, 0.3) is 0 Å². The van der Waals surface area contributed by atoms with Gasteiger partial charge in [-0.3, -0.25) is 4.98 Å². The molecule has 2 heterocycles. The summed E-state index contributed by atoms with van der Waals surface area (Å²) >= 11 is 6.09. The van der Waals surface area contributed by atoms with E-state index in [2.05, 4.69) is 10.3 Å². The maximum absolute atomic E-state index is 12.5. The molecule has 1 aromatic carbocycles. The van der Waals surface area contributed by atoms with E-state index in [-0.39, 0.29) is 12.1 Å². The summed E-state index contributed by atoms with van der Waals surface area (Å²) in [5, 5.41) is 3.46. The monoisotopic (exact) mass is 345 g/mol. The molecule has 1 atom stereocenters. The van der Waals surface area contributed by atoms with Crippen molar-refractivity contribution in [2.24, 2.45) is 0 Å². The average molecular weight is 346 g/mol. The zero-order valence-electron chi connectivity index (χ0n) is 13.5. The second kappa shape index (κ2) is 7.53. The van der Waals surface area contributed by atoms with Crippen LogP contribution in [0.4, 0.5) is 10.5 Å². The maximum Gasteiger partial charge on any atom is 0.321 e. The number of benzene rings is 1. The van der Waals surface area contributed by atoms with Crippen LogP contribution in [-0.4, -0.2) is 35.1 Å². The van der Waals surface area contributed by atoms with E-state index in [0.717, 1.165) is 30.6 Å². The number of likely N-dealkylation sites (tertiary alicyclic amines) is 1. The van der Waals surface area contributed by atoms with Crippen molar-refractivity contribution in [2.75, 3.05) is 18.4 Å². The third kappa shape index (κ3) is 3.97. The number of anilines is 1. The average Bonchev–Trinajstić information content (AvgIpc) is 2.59. The predicted molar refractivity (Wildman–Crippen MR) is 94.7 cm³/mol. The fraction of sp³-hybridized carbons (Fsp3) is 0.333. The highest BCUT2D eigenvalue weighted by atomic mass is 35.5. The van der Waals surface area contributed by atoms with E-state index >= 15 is 0 Å². The van der Waals surface area contributed by atoms with E-state index in [1.807, 2.05) is 31.2 Å². The number of urea groups is 1. The summed E-state index contributed by atoms with van der Waals surface area (Å²) in [7, 11) is 0. The number of aromatic nitrogens is 1. The number of pyridine rings is 1. The third-order valence-corrected chi connectivity index (χ3v) is 4.36. The normalized spacial score (nSPS) is 17.4. The lowest BCUT2D eigenvalue weighted by Crippen LogP contribution is -2.46. The van der Waals surface area contributed by atoms with E-state index < -0.39 is 0 Å². The van der Waals surface area contributed by atoms with Crippen molar-refractivity contribution in [3.63, 3.8) is 0 Å². The van der Waals surface area contributed by atoms with E-state index in [1.165, 1.54) is 0 Å². The minimum absolute atomic E-state index is 0.0683. The van der Waals surface area contributed by atoms with Crippen molar-refractivity contribution in [3.8, 4) is 5.75 Å². The molecule has 0 aliphatic carbocycles. The first kappa shape index (κ1) is 16.6. The Balaban J connectivity index is 1.62. The number of hydrogen-bond donors (Lipinski definition) is 1. The number of nitrogens with zero attached hydrogens (tertiary/aromatic N) is 2. The first-order valence-corrected chi connectivity index (χ1v) is 8.39. The summed E-state index contributed by atoms with van der Waals surface area (Å²) in [6, 6.07) is 9.39. The number of carbonyl (C=O) groups is 1. The molecule has 0 unspecified atom stereocenters. The van der Waals surface area contributed by atoms with Crippen molar-refractivity contribution in [2.45, 2.75) is 25.9 Å². The second-order valence-electron chi connectivity index (χ2n) is 5.88. The largest absolute Gasteiger partial charge is 0.487 e. The van der Waals surface area contributed by atoms with Crippen LogP contribution in [0.25, 0.3) is 0 Å². The molecular weight excluding hydrogens is 326 g/mol. The van der Waals surface area contributed by atoms with Crippen LogP contribution in [0.5, 0.6) is 5.75 Å². The summed E-state index contributed by atoms with van der Waals surface area (Å²) in [6.45, 7) is 3.24. The van der Waals surface area contributed by atoms with Gasteiger partial charge in [-0.15, -0.1) is 0 Å². The number of aryl methyl sites for hydroxylation is 1. The van der Waals surface area contributed by atoms with Gasteiger partial charge in [0.2, 0.25) is 0 Å². The van der Waals surface area contributed by atoms with Crippen molar-refractivity contribution >= 4 is 23.3 Å². The summed E-state index contributed by atoms with van der Waals surface area (Å²) in [5.41, 5.74) is 1.88. The van der Waals surface area contributed by atoms with Crippen LogP contribution < -0.4 is 10.1 Å². The molecule has 1 N–H and O–H groups in total. The second-order valence-corrected chi connectivity index (χ2v) is 6.29. The lowest BCUT2D eigenvalue weighted by Gasteiger charge is -2.33. The molecule has 1 fully saturated rings. The molecule has 24 heavy (non-hydrogen) atoms. The number of hydrogen-bond acceptors (Lipinski definition) is 3. The van der Waals surface area contributed by atoms with Crippen molar-refractivity contribution in [1.29, 1.82) is 0 Å². The van der Waals surface area contributed by atoms with Crippen LogP contribution >= 0.6 is 11.6 Å². The van der Waals surface area contributed by atoms with Crippen LogP contribution in [0, 0.1) is 6.92 Å². The Morgan fingerprint density at radius 3 is 3.00 bits per heavy atom. The highest BCUT2D eigenvalue weighted by Crippen LogP contribution is 2.26. The summed E-state index contributed by atoms with van der Waals surface area (Å²) in [5.74, 6) is 0.609. The number of halogens is 1.